The van der Waals surface area contributed by atoms with Crippen LogP contribution in [0.5, 0.6) is 0 Å². The van der Waals surface area contributed by atoms with Gasteiger partial charge in [-0.1, -0.05) is 39.3 Å². The molecule has 0 saturated carbocycles. The highest BCUT2D eigenvalue weighted by atomic mass is 28.4. The van der Waals surface area contributed by atoms with Crippen molar-refractivity contribution in [1.82, 2.24) is 9.13 Å². The Morgan fingerprint density at radius 3 is 1.29 bits per heavy atom. The maximum absolute atomic E-state index is 2.83. The molecule has 0 amide bonds. The van der Waals surface area contributed by atoms with Crippen LogP contribution in [-0.2, 0) is 0 Å². The van der Waals surface area contributed by atoms with Gasteiger partial charge in [0.25, 0.3) is 0 Å². The Morgan fingerprint density at radius 2 is 1.07 bits per heavy atom. The first-order valence-electron chi connectivity index (χ1n) is 5.47. The summed E-state index contributed by atoms with van der Waals surface area (Å²) >= 11 is 0. The lowest BCUT2D eigenvalue weighted by Gasteiger charge is -2.44. The Labute approximate surface area is 92.5 Å². The number of nitrogens with zero attached hydrogens (tertiary/aromatic N) is 2. The van der Waals surface area contributed by atoms with Crippen LogP contribution in [0.15, 0.2) is 0 Å². The lowest BCUT2D eigenvalue weighted by Crippen LogP contribution is -2.60. The highest BCUT2D eigenvalue weighted by Gasteiger charge is 2.33. The van der Waals surface area contributed by atoms with E-state index >= 15 is 0 Å². The van der Waals surface area contributed by atoms with E-state index in [9.17, 15) is 0 Å². The summed E-state index contributed by atoms with van der Waals surface area (Å²) in [5, 5.41) is 0. The van der Waals surface area contributed by atoms with Gasteiger partial charge in [-0.05, 0) is 20.6 Å². The molecule has 0 aromatic rings. The molecule has 0 N–H and O–H groups in total. The molecular formula is C10H28N2Si2. The first-order chi connectivity index (χ1) is 6.05. The zero-order chi connectivity index (χ0) is 11.6. The fourth-order valence-corrected chi connectivity index (χ4v) is 11.6. The standard InChI is InChI=1S/C10H28N2Si2/c1-11(2)9-10-12(13(3,4)5)14(6,7)8/h9-10H2,1-8H3. The van der Waals surface area contributed by atoms with Crippen LogP contribution in [0.4, 0.5) is 0 Å². The number of hydrogen-bond donors (Lipinski definition) is 0. The Bertz CT molecular complexity index is 154. The Hall–Kier alpha value is 0.354. The van der Waals surface area contributed by atoms with E-state index in [1.54, 1.807) is 0 Å². The van der Waals surface area contributed by atoms with Crippen LogP contribution in [0.1, 0.15) is 0 Å². The maximum Gasteiger partial charge on any atom is 0.112 e. The quantitative estimate of drug-likeness (QED) is 0.672. The van der Waals surface area contributed by atoms with Crippen molar-refractivity contribution >= 4 is 16.5 Å². The topological polar surface area (TPSA) is 6.48 Å². The molecule has 0 aliphatic heterocycles. The summed E-state index contributed by atoms with van der Waals surface area (Å²) in [4.78, 5) is 2.28. The van der Waals surface area contributed by atoms with Gasteiger partial charge in [-0.15, -0.1) is 0 Å². The van der Waals surface area contributed by atoms with Crippen molar-refractivity contribution in [2.75, 3.05) is 27.2 Å². The number of likely N-dealkylation sites (N-methyl/N-ethyl adjacent to an activating group) is 1. The van der Waals surface area contributed by atoms with Gasteiger partial charge >= 0.3 is 0 Å². The van der Waals surface area contributed by atoms with E-state index in [0.717, 1.165) is 0 Å². The number of rotatable bonds is 5. The van der Waals surface area contributed by atoms with Crippen LogP contribution >= 0.6 is 0 Å². The first-order valence-corrected chi connectivity index (χ1v) is 12.4. The van der Waals surface area contributed by atoms with Crippen LogP contribution in [0.25, 0.3) is 0 Å². The Kier molecular flexibility index (Phi) is 5.04. The van der Waals surface area contributed by atoms with Gasteiger partial charge in [0.2, 0.25) is 0 Å². The van der Waals surface area contributed by atoms with Crippen LogP contribution in [0, 0.1) is 0 Å². The zero-order valence-electron chi connectivity index (χ0n) is 11.3. The fourth-order valence-electron chi connectivity index (χ4n) is 1.98. The summed E-state index contributed by atoms with van der Waals surface area (Å²) in [6, 6.07) is 0. The largest absolute Gasteiger partial charge is 0.345 e. The SMILES string of the molecule is CN(C)CCN([Si](C)(C)C)[Si](C)(C)C. The molecule has 0 aromatic heterocycles. The normalized spacial score (nSPS) is 14.1. The molecule has 2 nitrogen and oxygen atoms in total. The van der Waals surface area contributed by atoms with Crippen LogP contribution < -0.4 is 0 Å². The third-order valence-corrected chi connectivity index (χ3v) is 10.1. The van der Waals surface area contributed by atoms with Crippen LogP contribution in [-0.4, -0.2) is 52.8 Å². The first kappa shape index (κ1) is 14.4. The minimum Gasteiger partial charge on any atom is -0.345 e. The van der Waals surface area contributed by atoms with E-state index in [1.165, 1.54) is 13.1 Å². The molecule has 0 aromatic carbocycles. The van der Waals surface area contributed by atoms with Gasteiger partial charge in [0, 0.05) is 6.54 Å². The van der Waals surface area contributed by atoms with Crippen molar-refractivity contribution in [2.24, 2.45) is 0 Å². The molecule has 0 heterocycles. The average molecular weight is 233 g/mol. The monoisotopic (exact) mass is 232 g/mol. The van der Waals surface area contributed by atoms with Crippen molar-refractivity contribution in [3.8, 4) is 0 Å². The molecule has 0 aliphatic carbocycles. The summed E-state index contributed by atoms with van der Waals surface area (Å²) in [6.45, 7) is 17.2. The molecule has 0 radical (unpaired) electrons. The van der Waals surface area contributed by atoms with Crippen molar-refractivity contribution in [2.45, 2.75) is 39.3 Å². The summed E-state index contributed by atoms with van der Waals surface area (Å²) in [7, 11) is 2.08. The van der Waals surface area contributed by atoms with Crippen molar-refractivity contribution in [3.05, 3.63) is 0 Å². The van der Waals surface area contributed by atoms with E-state index in [0.29, 0.717) is 0 Å². The van der Waals surface area contributed by atoms with Crippen molar-refractivity contribution in [1.29, 1.82) is 0 Å². The molecule has 0 rings (SSSR count). The molecule has 14 heavy (non-hydrogen) atoms. The van der Waals surface area contributed by atoms with E-state index in [-0.39, 0.29) is 0 Å². The highest BCUT2D eigenvalue weighted by Crippen LogP contribution is 2.18. The molecule has 0 aliphatic rings. The van der Waals surface area contributed by atoms with E-state index in [1.807, 2.05) is 0 Å². The molecule has 4 heteroatoms. The van der Waals surface area contributed by atoms with Gasteiger partial charge in [0.15, 0.2) is 0 Å². The molecule has 0 saturated heterocycles. The van der Waals surface area contributed by atoms with Crippen LogP contribution in [0.3, 0.4) is 0 Å². The van der Waals surface area contributed by atoms with Gasteiger partial charge in [-0.25, -0.2) is 0 Å². The van der Waals surface area contributed by atoms with Crippen molar-refractivity contribution < 1.29 is 0 Å². The summed E-state index contributed by atoms with van der Waals surface area (Å²) < 4.78 is 2.83. The van der Waals surface area contributed by atoms with Gasteiger partial charge in [-0.2, -0.15) is 0 Å². The van der Waals surface area contributed by atoms with Crippen LogP contribution in [0.2, 0.25) is 39.3 Å². The zero-order valence-corrected chi connectivity index (χ0v) is 13.3. The van der Waals surface area contributed by atoms with Gasteiger partial charge < -0.3 is 9.13 Å². The third kappa shape index (κ3) is 5.29. The summed E-state index contributed by atoms with van der Waals surface area (Å²) in [5.74, 6) is 0. The van der Waals surface area contributed by atoms with E-state index in [4.69, 9.17) is 0 Å². The molecule has 86 valence electrons. The van der Waals surface area contributed by atoms with Crippen molar-refractivity contribution in [3.63, 3.8) is 0 Å². The van der Waals surface area contributed by atoms with Gasteiger partial charge in [0.1, 0.15) is 16.5 Å². The lowest BCUT2D eigenvalue weighted by atomic mass is 10.6. The average Bonchev–Trinajstić information content (AvgIpc) is 1.78. The fraction of sp³-hybridized carbons (Fsp3) is 1.00. The molecular weight excluding hydrogens is 204 g/mol. The second-order valence-electron chi connectivity index (χ2n) is 6.30. The summed E-state index contributed by atoms with van der Waals surface area (Å²) in [5.41, 5.74) is 0. The minimum absolute atomic E-state index is 1.12. The van der Waals surface area contributed by atoms with E-state index in [2.05, 4.69) is 62.5 Å². The van der Waals surface area contributed by atoms with E-state index < -0.39 is 16.5 Å². The van der Waals surface area contributed by atoms with Gasteiger partial charge in [-0.3, -0.25) is 0 Å². The predicted octanol–water partition coefficient (Wildman–Crippen LogP) is 2.52. The smallest absolute Gasteiger partial charge is 0.112 e. The molecule has 0 fully saturated rings. The second-order valence-corrected chi connectivity index (χ2v) is 16.5. The minimum atomic E-state index is -1.12. The second kappa shape index (κ2) is 4.92. The lowest BCUT2D eigenvalue weighted by molar-refractivity contribution is 0.382. The highest BCUT2D eigenvalue weighted by molar-refractivity contribution is 6.89. The predicted molar refractivity (Wildman–Crippen MR) is 72.0 cm³/mol. The molecule has 0 spiro atoms. The third-order valence-electron chi connectivity index (χ3n) is 2.39. The summed E-state index contributed by atoms with van der Waals surface area (Å²) in [6.07, 6.45) is 0. The molecule has 0 unspecified atom stereocenters. The number of hydrogen-bond acceptors (Lipinski definition) is 2. The molecule has 0 bridgehead atoms. The Morgan fingerprint density at radius 1 is 0.714 bits per heavy atom. The Balaban J connectivity index is 4.44. The molecule has 0 atom stereocenters. The maximum atomic E-state index is 2.83. The van der Waals surface area contributed by atoms with Gasteiger partial charge in [0.05, 0.1) is 0 Å².